The van der Waals surface area contributed by atoms with E-state index in [1.807, 2.05) is 32.6 Å². The molecule has 0 saturated carbocycles. The van der Waals surface area contributed by atoms with E-state index in [1.165, 1.54) is 0 Å². The van der Waals surface area contributed by atoms with E-state index in [0.717, 1.165) is 25.8 Å². The number of nitrogens with zero attached hydrogens (tertiary/aromatic N) is 1. The number of amides is 1. The van der Waals surface area contributed by atoms with Crippen LogP contribution in [-0.2, 0) is 9.59 Å². The minimum absolute atomic E-state index is 0.0274. The van der Waals surface area contributed by atoms with Crippen molar-refractivity contribution in [3.8, 4) is 0 Å². The maximum Gasteiger partial charge on any atom is 0.303 e. The number of hydrogen-bond donors (Lipinski definition) is 1. The summed E-state index contributed by atoms with van der Waals surface area (Å²) in [7, 11) is 0. The molecule has 1 amide bonds. The zero-order valence-electron chi connectivity index (χ0n) is 13.0. The molecular weight excluding hydrogens is 242 g/mol. The summed E-state index contributed by atoms with van der Waals surface area (Å²) in [5.41, 5.74) is -0.485. The van der Waals surface area contributed by atoms with Crippen LogP contribution in [0.2, 0.25) is 0 Å². The maximum absolute atomic E-state index is 12.3. The summed E-state index contributed by atoms with van der Waals surface area (Å²) in [6.45, 7) is 10.6. The number of rotatable bonds is 9. The first-order valence-electron chi connectivity index (χ1n) is 7.21. The first-order chi connectivity index (χ1) is 8.69. The highest BCUT2D eigenvalue weighted by atomic mass is 16.4. The Morgan fingerprint density at radius 1 is 1.16 bits per heavy atom. The van der Waals surface area contributed by atoms with Gasteiger partial charge in [-0.15, -0.1) is 0 Å². The van der Waals surface area contributed by atoms with Gasteiger partial charge in [0.15, 0.2) is 0 Å². The van der Waals surface area contributed by atoms with Crippen LogP contribution in [0.5, 0.6) is 0 Å². The summed E-state index contributed by atoms with van der Waals surface area (Å²) in [4.78, 5) is 25.0. The Kier molecular flexibility index (Phi) is 7.72. The molecule has 4 heteroatoms. The predicted molar refractivity (Wildman–Crippen MR) is 77.0 cm³/mol. The fourth-order valence-electron chi connectivity index (χ4n) is 2.19. The van der Waals surface area contributed by atoms with Gasteiger partial charge in [0.25, 0.3) is 0 Å². The van der Waals surface area contributed by atoms with Gasteiger partial charge in [0, 0.05) is 19.0 Å². The largest absolute Gasteiger partial charge is 0.481 e. The molecule has 0 unspecified atom stereocenters. The number of carboxylic acid groups (broad SMARTS) is 1. The van der Waals surface area contributed by atoms with Crippen LogP contribution < -0.4 is 0 Å². The minimum Gasteiger partial charge on any atom is -0.481 e. The van der Waals surface area contributed by atoms with E-state index in [2.05, 4.69) is 6.92 Å². The van der Waals surface area contributed by atoms with Gasteiger partial charge >= 0.3 is 5.97 Å². The molecule has 0 aromatic carbocycles. The molecule has 0 saturated heterocycles. The van der Waals surface area contributed by atoms with Crippen LogP contribution >= 0.6 is 0 Å². The Labute approximate surface area is 117 Å². The number of unbranched alkanes of at least 4 members (excludes halogenated alkanes) is 2. The third-order valence-corrected chi connectivity index (χ3v) is 3.21. The molecule has 0 aliphatic carbocycles. The van der Waals surface area contributed by atoms with Crippen LogP contribution in [0.4, 0.5) is 0 Å². The third kappa shape index (κ3) is 7.85. The summed E-state index contributed by atoms with van der Waals surface area (Å²) in [5.74, 6) is -0.780. The van der Waals surface area contributed by atoms with Crippen molar-refractivity contribution in [3.05, 3.63) is 0 Å². The van der Waals surface area contributed by atoms with E-state index in [-0.39, 0.29) is 18.4 Å². The number of carbonyl (C=O) groups excluding carboxylic acids is 1. The zero-order chi connectivity index (χ0) is 15.1. The lowest BCUT2D eigenvalue weighted by Crippen LogP contribution is -2.40. The number of aliphatic carboxylic acids is 1. The second-order valence-electron chi connectivity index (χ2n) is 6.30. The van der Waals surface area contributed by atoms with E-state index in [0.29, 0.717) is 6.42 Å². The van der Waals surface area contributed by atoms with Crippen molar-refractivity contribution >= 4 is 11.9 Å². The van der Waals surface area contributed by atoms with Gasteiger partial charge < -0.3 is 10.0 Å². The van der Waals surface area contributed by atoms with Gasteiger partial charge in [-0.25, -0.2) is 0 Å². The summed E-state index contributed by atoms with van der Waals surface area (Å²) in [6.07, 6.45) is 3.59. The van der Waals surface area contributed by atoms with Crippen LogP contribution in [0.3, 0.4) is 0 Å². The first kappa shape index (κ1) is 17.9. The molecule has 0 rings (SSSR count). The molecule has 1 N–H and O–H groups in total. The van der Waals surface area contributed by atoms with Crippen LogP contribution in [0.25, 0.3) is 0 Å². The lowest BCUT2D eigenvalue weighted by Gasteiger charge is -2.31. The Hall–Kier alpha value is -1.06. The second-order valence-corrected chi connectivity index (χ2v) is 6.30. The SMILES string of the molecule is CCCCCN(C(=O)CC(C)(C)CC(=O)O)C(C)C. The molecule has 19 heavy (non-hydrogen) atoms. The topological polar surface area (TPSA) is 57.6 Å². The van der Waals surface area contributed by atoms with Gasteiger partial charge in [-0.2, -0.15) is 0 Å². The fourth-order valence-corrected chi connectivity index (χ4v) is 2.19. The molecule has 0 fully saturated rings. The van der Waals surface area contributed by atoms with Crippen LogP contribution in [-0.4, -0.2) is 34.5 Å². The van der Waals surface area contributed by atoms with E-state index in [4.69, 9.17) is 5.11 Å². The predicted octanol–water partition coefficient (Wildman–Crippen LogP) is 3.30. The van der Waals surface area contributed by atoms with Crippen molar-refractivity contribution < 1.29 is 14.7 Å². The Morgan fingerprint density at radius 2 is 1.74 bits per heavy atom. The molecule has 0 aliphatic heterocycles. The van der Waals surface area contributed by atoms with Crippen molar-refractivity contribution in [1.82, 2.24) is 4.90 Å². The molecule has 0 aromatic heterocycles. The summed E-state index contributed by atoms with van der Waals surface area (Å²) >= 11 is 0. The van der Waals surface area contributed by atoms with E-state index < -0.39 is 11.4 Å². The summed E-state index contributed by atoms with van der Waals surface area (Å²) in [6, 6.07) is 0.171. The number of carbonyl (C=O) groups is 2. The van der Waals surface area contributed by atoms with Crippen LogP contribution in [0, 0.1) is 5.41 Å². The molecule has 0 bridgehead atoms. The van der Waals surface area contributed by atoms with Crippen LogP contribution in [0.15, 0.2) is 0 Å². The monoisotopic (exact) mass is 271 g/mol. The van der Waals surface area contributed by atoms with Gasteiger partial charge in [-0.05, 0) is 25.7 Å². The summed E-state index contributed by atoms with van der Waals surface area (Å²) in [5, 5.41) is 8.86. The Balaban J connectivity index is 4.50. The lowest BCUT2D eigenvalue weighted by molar-refractivity contribution is -0.141. The van der Waals surface area contributed by atoms with Gasteiger partial charge in [-0.1, -0.05) is 33.6 Å². The highest BCUT2D eigenvalue weighted by molar-refractivity contribution is 5.78. The quantitative estimate of drug-likeness (QED) is 0.655. The van der Waals surface area contributed by atoms with Gasteiger partial charge in [-0.3, -0.25) is 9.59 Å². The van der Waals surface area contributed by atoms with Crippen molar-refractivity contribution in [2.75, 3.05) is 6.54 Å². The highest BCUT2D eigenvalue weighted by Crippen LogP contribution is 2.26. The number of hydrogen-bond acceptors (Lipinski definition) is 2. The normalized spacial score (nSPS) is 11.7. The molecule has 112 valence electrons. The highest BCUT2D eigenvalue weighted by Gasteiger charge is 2.28. The van der Waals surface area contributed by atoms with E-state index in [1.54, 1.807) is 0 Å². The minimum atomic E-state index is -0.847. The standard InChI is InChI=1S/C15H29NO3/c1-6-7-8-9-16(12(2)3)13(17)10-15(4,5)11-14(18)19/h12H,6-11H2,1-5H3,(H,18,19). The Bertz CT molecular complexity index is 298. The third-order valence-electron chi connectivity index (χ3n) is 3.21. The zero-order valence-corrected chi connectivity index (χ0v) is 13.0. The van der Waals surface area contributed by atoms with Gasteiger partial charge in [0.1, 0.15) is 0 Å². The van der Waals surface area contributed by atoms with Crippen LogP contribution in [0.1, 0.15) is 66.7 Å². The van der Waals surface area contributed by atoms with Crippen molar-refractivity contribution in [2.24, 2.45) is 5.41 Å². The maximum atomic E-state index is 12.3. The second kappa shape index (κ2) is 8.18. The van der Waals surface area contributed by atoms with Crippen molar-refractivity contribution in [1.29, 1.82) is 0 Å². The molecule has 0 spiro atoms. The smallest absolute Gasteiger partial charge is 0.303 e. The molecule has 0 heterocycles. The molecule has 0 aliphatic rings. The molecule has 0 radical (unpaired) electrons. The average Bonchev–Trinajstić information content (AvgIpc) is 2.20. The molecule has 0 atom stereocenters. The van der Waals surface area contributed by atoms with Crippen molar-refractivity contribution in [3.63, 3.8) is 0 Å². The molecular formula is C15H29NO3. The first-order valence-corrected chi connectivity index (χ1v) is 7.21. The van der Waals surface area contributed by atoms with Gasteiger partial charge in [0.2, 0.25) is 5.91 Å². The molecule has 0 aromatic rings. The number of carboxylic acids is 1. The Morgan fingerprint density at radius 3 is 2.16 bits per heavy atom. The van der Waals surface area contributed by atoms with Gasteiger partial charge in [0.05, 0.1) is 6.42 Å². The lowest BCUT2D eigenvalue weighted by atomic mass is 9.85. The summed E-state index contributed by atoms with van der Waals surface area (Å²) < 4.78 is 0. The van der Waals surface area contributed by atoms with Crippen molar-refractivity contribution in [2.45, 2.75) is 72.8 Å². The fraction of sp³-hybridized carbons (Fsp3) is 0.867. The molecule has 4 nitrogen and oxygen atoms in total. The van der Waals surface area contributed by atoms with E-state index in [9.17, 15) is 9.59 Å². The van der Waals surface area contributed by atoms with E-state index >= 15 is 0 Å². The average molecular weight is 271 g/mol.